The van der Waals surface area contributed by atoms with Crippen molar-refractivity contribution in [3.8, 4) is 0 Å². The van der Waals surface area contributed by atoms with E-state index in [0.29, 0.717) is 20.0 Å². The molecule has 104 valence electrons. The first-order chi connectivity index (χ1) is 9.45. The highest BCUT2D eigenvalue weighted by atomic mass is 127. The number of aryl methyl sites for hydroxylation is 1. The number of rotatable bonds is 2. The highest BCUT2D eigenvalue weighted by Crippen LogP contribution is 2.21. The van der Waals surface area contributed by atoms with Crippen molar-refractivity contribution in [1.29, 1.82) is 0 Å². The van der Waals surface area contributed by atoms with E-state index in [2.05, 4.69) is 10.6 Å². The summed E-state index contributed by atoms with van der Waals surface area (Å²) >= 11 is 7.94. The van der Waals surface area contributed by atoms with Crippen molar-refractivity contribution in [2.24, 2.45) is 0 Å². The van der Waals surface area contributed by atoms with Gasteiger partial charge < -0.3 is 10.6 Å². The molecule has 20 heavy (non-hydrogen) atoms. The van der Waals surface area contributed by atoms with Crippen LogP contribution in [0.25, 0.3) is 0 Å². The van der Waals surface area contributed by atoms with Gasteiger partial charge in [0, 0.05) is 14.3 Å². The number of carbonyl (C=O) groups excluding carboxylic acids is 1. The summed E-state index contributed by atoms with van der Waals surface area (Å²) in [4.78, 5) is 11.9. The SMILES string of the molecule is Cc1ccc(NC(=O)Nc2ccc(F)cc2I)cc1Cl. The predicted molar refractivity (Wildman–Crippen MR) is 87.9 cm³/mol. The van der Waals surface area contributed by atoms with Gasteiger partial charge >= 0.3 is 6.03 Å². The summed E-state index contributed by atoms with van der Waals surface area (Å²) in [7, 11) is 0. The second-order valence-corrected chi connectivity index (χ2v) is 5.74. The number of urea groups is 1. The highest BCUT2D eigenvalue weighted by molar-refractivity contribution is 14.1. The molecule has 2 N–H and O–H groups in total. The Kier molecular flexibility index (Phi) is 4.82. The molecule has 2 aromatic carbocycles. The highest BCUT2D eigenvalue weighted by Gasteiger charge is 2.07. The van der Waals surface area contributed by atoms with Crippen LogP contribution in [0.5, 0.6) is 0 Å². The van der Waals surface area contributed by atoms with E-state index in [0.717, 1.165) is 5.56 Å². The number of halogens is 3. The number of amides is 2. The topological polar surface area (TPSA) is 41.1 Å². The number of nitrogens with one attached hydrogen (secondary N) is 2. The fourth-order valence-corrected chi connectivity index (χ4v) is 2.34. The monoisotopic (exact) mass is 404 g/mol. The van der Waals surface area contributed by atoms with E-state index in [-0.39, 0.29) is 5.82 Å². The molecule has 0 aliphatic rings. The van der Waals surface area contributed by atoms with Crippen molar-refractivity contribution in [2.45, 2.75) is 6.92 Å². The van der Waals surface area contributed by atoms with Crippen LogP contribution in [0.1, 0.15) is 5.56 Å². The van der Waals surface area contributed by atoms with Gasteiger partial charge in [0.15, 0.2) is 0 Å². The number of anilines is 2. The van der Waals surface area contributed by atoms with E-state index in [1.807, 2.05) is 35.6 Å². The standard InChI is InChI=1S/C14H11ClFIN2O/c1-8-2-4-10(7-11(8)15)18-14(20)19-13-5-3-9(16)6-12(13)17/h2-7H,1H3,(H2,18,19,20). The molecular weight excluding hydrogens is 394 g/mol. The Hall–Kier alpha value is -1.34. The predicted octanol–water partition coefficient (Wildman–Crippen LogP) is 5.04. The lowest BCUT2D eigenvalue weighted by Crippen LogP contribution is -2.20. The zero-order valence-corrected chi connectivity index (χ0v) is 13.4. The molecule has 0 spiro atoms. The van der Waals surface area contributed by atoms with Crippen LogP contribution in [0, 0.1) is 16.3 Å². The molecule has 0 unspecified atom stereocenters. The van der Waals surface area contributed by atoms with E-state index in [1.54, 1.807) is 12.1 Å². The third-order valence-electron chi connectivity index (χ3n) is 2.61. The van der Waals surface area contributed by atoms with Gasteiger partial charge in [-0.15, -0.1) is 0 Å². The Balaban J connectivity index is 2.07. The van der Waals surface area contributed by atoms with Gasteiger partial charge in [-0.3, -0.25) is 0 Å². The fraction of sp³-hybridized carbons (Fsp3) is 0.0714. The average molecular weight is 405 g/mol. The van der Waals surface area contributed by atoms with Crippen molar-refractivity contribution < 1.29 is 9.18 Å². The summed E-state index contributed by atoms with van der Waals surface area (Å²) in [6.45, 7) is 1.88. The van der Waals surface area contributed by atoms with Gasteiger partial charge in [-0.1, -0.05) is 17.7 Å². The van der Waals surface area contributed by atoms with E-state index in [1.165, 1.54) is 18.2 Å². The third-order valence-corrected chi connectivity index (χ3v) is 3.91. The second-order valence-electron chi connectivity index (χ2n) is 4.17. The van der Waals surface area contributed by atoms with Crippen LogP contribution in [0.3, 0.4) is 0 Å². The molecule has 0 bridgehead atoms. The minimum absolute atomic E-state index is 0.342. The van der Waals surface area contributed by atoms with Crippen molar-refractivity contribution in [3.63, 3.8) is 0 Å². The summed E-state index contributed by atoms with van der Waals surface area (Å²) in [5, 5.41) is 5.90. The molecule has 0 aliphatic carbocycles. The number of carbonyl (C=O) groups is 1. The summed E-state index contributed by atoms with van der Waals surface area (Å²) < 4.78 is 13.6. The van der Waals surface area contributed by atoms with Crippen LogP contribution in [0.4, 0.5) is 20.6 Å². The molecule has 2 rings (SSSR count). The Morgan fingerprint density at radius 2 is 1.95 bits per heavy atom. The molecule has 0 heterocycles. The van der Waals surface area contributed by atoms with Crippen LogP contribution in [0.15, 0.2) is 36.4 Å². The van der Waals surface area contributed by atoms with Crippen LogP contribution in [-0.4, -0.2) is 6.03 Å². The molecule has 0 atom stereocenters. The molecular formula is C14H11ClFIN2O. The Labute approximate surface area is 134 Å². The van der Waals surface area contributed by atoms with Gasteiger partial charge in [0.1, 0.15) is 5.82 Å². The normalized spacial score (nSPS) is 10.2. The Morgan fingerprint density at radius 3 is 2.60 bits per heavy atom. The summed E-state index contributed by atoms with van der Waals surface area (Å²) in [6.07, 6.45) is 0. The quantitative estimate of drug-likeness (QED) is 0.677. The maximum absolute atomic E-state index is 13.0. The fourth-order valence-electron chi connectivity index (χ4n) is 1.55. The van der Waals surface area contributed by atoms with Gasteiger partial charge in [0.2, 0.25) is 0 Å². The Morgan fingerprint density at radius 1 is 1.20 bits per heavy atom. The molecule has 0 fully saturated rings. The smallest absolute Gasteiger partial charge is 0.308 e. The first kappa shape index (κ1) is 15.1. The maximum atomic E-state index is 13.0. The molecule has 0 aromatic heterocycles. The second kappa shape index (κ2) is 6.41. The largest absolute Gasteiger partial charge is 0.323 e. The lowest BCUT2D eigenvalue weighted by Gasteiger charge is -2.10. The van der Waals surface area contributed by atoms with Gasteiger partial charge in [0.05, 0.1) is 5.69 Å². The van der Waals surface area contributed by atoms with Crippen LogP contribution < -0.4 is 10.6 Å². The molecule has 3 nitrogen and oxygen atoms in total. The van der Waals surface area contributed by atoms with Gasteiger partial charge in [-0.2, -0.15) is 0 Å². The molecule has 0 saturated carbocycles. The average Bonchev–Trinajstić information content (AvgIpc) is 2.37. The first-order valence-corrected chi connectivity index (χ1v) is 7.20. The van der Waals surface area contributed by atoms with Crippen molar-refractivity contribution >= 4 is 51.6 Å². The molecule has 0 saturated heterocycles. The zero-order valence-electron chi connectivity index (χ0n) is 10.5. The van der Waals surface area contributed by atoms with Crippen molar-refractivity contribution in [2.75, 3.05) is 10.6 Å². The number of benzene rings is 2. The number of hydrogen-bond acceptors (Lipinski definition) is 1. The minimum Gasteiger partial charge on any atom is -0.308 e. The lowest BCUT2D eigenvalue weighted by atomic mass is 10.2. The summed E-state index contributed by atoms with van der Waals surface area (Å²) in [6, 6.07) is 9.00. The first-order valence-electron chi connectivity index (χ1n) is 5.75. The van der Waals surface area contributed by atoms with E-state index >= 15 is 0 Å². The molecule has 0 radical (unpaired) electrons. The molecule has 0 aliphatic heterocycles. The van der Waals surface area contributed by atoms with Crippen LogP contribution in [0.2, 0.25) is 5.02 Å². The number of hydrogen-bond donors (Lipinski definition) is 2. The lowest BCUT2D eigenvalue weighted by molar-refractivity contribution is 0.262. The zero-order chi connectivity index (χ0) is 14.7. The van der Waals surface area contributed by atoms with Gasteiger partial charge in [0.25, 0.3) is 0 Å². The van der Waals surface area contributed by atoms with Crippen molar-refractivity contribution in [1.82, 2.24) is 0 Å². The van der Waals surface area contributed by atoms with Gasteiger partial charge in [-0.05, 0) is 65.4 Å². The Bertz CT molecular complexity index is 664. The molecule has 2 aromatic rings. The van der Waals surface area contributed by atoms with E-state index in [9.17, 15) is 9.18 Å². The summed E-state index contributed by atoms with van der Waals surface area (Å²) in [5.41, 5.74) is 2.07. The van der Waals surface area contributed by atoms with Crippen LogP contribution >= 0.6 is 34.2 Å². The van der Waals surface area contributed by atoms with Crippen molar-refractivity contribution in [3.05, 3.63) is 56.4 Å². The van der Waals surface area contributed by atoms with E-state index < -0.39 is 6.03 Å². The maximum Gasteiger partial charge on any atom is 0.323 e. The summed E-state index contributed by atoms with van der Waals surface area (Å²) in [5.74, 6) is -0.342. The molecule has 6 heteroatoms. The van der Waals surface area contributed by atoms with Crippen LogP contribution in [-0.2, 0) is 0 Å². The minimum atomic E-state index is -0.408. The van der Waals surface area contributed by atoms with E-state index in [4.69, 9.17) is 11.6 Å². The van der Waals surface area contributed by atoms with Gasteiger partial charge in [-0.25, -0.2) is 9.18 Å². The third kappa shape index (κ3) is 3.83. The molecule has 2 amide bonds.